The molecule has 0 amide bonds. The molecule has 0 aliphatic rings. The van der Waals surface area contributed by atoms with Crippen LogP contribution in [0.25, 0.3) is 11.0 Å². The summed E-state index contributed by atoms with van der Waals surface area (Å²) in [6.07, 6.45) is 2.92. The number of hydrogen-bond acceptors (Lipinski definition) is 4. The number of thiazole rings is 1. The third-order valence-corrected chi connectivity index (χ3v) is 5.22. The van der Waals surface area contributed by atoms with Gasteiger partial charge in [0.1, 0.15) is 28.7 Å². The molecule has 0 fully saturated rings. The van der Waals surface area contributed by atoms with Gasteiger partial charge in [-0.2, -0.15) is 0 Å². The lowest BCUT2D eigenvalue weighted by atomic mass is 10.1. The molecule has 0 radical (unpaired) electrons. The number of furan rings is 1. The molecular weight excluding hydrogens is 478 g/mol. The smallest absolute Gasteiger partial charge is 0.192 e. The quantitative estimate of drug-likeness (QED) is 0.290. The van der Waals surface area contributed by atoms with Gasteiger partial charge in [0.25, 0.3) is 0 Å². The summed E-state index contributed by atoms with van der Waals surface area (Å²) in [5.41, 5.74) is 1.61. The number of aryl methyl sites for hydroxylation is 2. The fourth-order valence-electron chi connectivity index (χ4n) is 2.64. The van der Waals surface area contributed by atoms with Crippen LogP contribution in [0.3, 0.4) is 0 Å². The standard InChI is InChI=1S/C19H23FN4OS.HI/c1-4-14-9-22-18(26-14)11-24-19(21-5-2)23-10-17-12(3)15-8-13(20)6-7-16(15)25-17;/h6-9H,4-5,10-11H2,1-3H3,(H2,21,23,24);1H. The minimum atomic E-state index is -0.263. The summed E-state index contributed by atoms with van der Waals surface area (Å²) in [4.78, 5) is 10.3. The molecule has 0 spiro atoms. The molecule has 2 N–H and O–H groups in total. The Balaban J connectivity index is 0.00000261. The largest absolute Gasteiger partial charge is 0.459 e. The van der Waals surface area contributed by atoms with Crippen LogP contribution >= 0.6 is 35.3 Å². The Morgan fingerprint density at radius 3 is 2.81 bits per heavy atom. The summed E-state index contributed by atoms with van der Waals surface area (Å²) in [6, 6.07) is 4.56. The van der Waals surface area contributed by atoms with Crippen molar-refractivity contribution in [2.24, 2.45) is 4.99 Å². The first-order valence-corrected chi connectivity index (χ1v) is 9.55. The summed E-state index contributed by atoms with van der Waals surface area (Å²) in [5.74, 6) is 1.18. The minimum absolute atomic E-state index is 0. The molecule has 0 atom stereocenters. The van der Waals surface area contributed by atoms with Crippen LogP contribution < -0.4 is 10.6 Å². The van der Waals surface area contributed by atoms with E-state index in [4.69, 9.17) is 4.42 Å². The van der Waals surface area contributed by atoms with Gasteiger partial charge in [-0.3, -0.25) is 0 Å². The van der Waals surface area contributed by atoms with E-state index in [1.54, 1.807) is 17.4 Å². The lowest BCUT2D eigenvalue weighted by Gasteiger charge is -2.09. The second-order valence-electron chi connectivity index (χ2n) is 5.91. The van der Waals surface area contributed by atoms with Crippen molar-refractivity contribution >= 4 is 52.2 Å². The molecular formula is C19H24FIN4OS. The molecule has 2 heterocycles. The van der Waals surface area contributed by atoms with Crippen molar-refractivity contribution in [2.75, 3.05) is 6.54 Å². The van der Waals surface area contributed by atoms with Gasteiger partial charge < -0.3 is 15.1 Å². The van der Waals surface area contributed by atoms with Crippen LogP contribution in [0.2, 0.25) is 0 Å². The second kappa shape index (κ2) is 10.0. The molecule has 1 aromatic carbocycles. The van der Waals surface area contributed by atoms with Gasteiger partial charge in [-0.25, -0.2) is 14.4 Å². The van der Waals surface area contributed by atoms with Crippen LogP contribution in [0.1, 0.15) is 35.1 Å². The van der Waals surface area contributed by atoms with Gasteiger partial charge in [-0.1, -0.05) is 6.92 Å². The van der Waals surface area contributed by atoms with Gasteiger partial charge in [-0.15, -0.1) is 35.3 Å². The van der Waals surface area contributed by atoms with E-state index in [1.165, 1.54) is 17.0 Å². The highest BCUT2D eigenvalue weighted by Crippen LogP contribution is 2.26. The lowest BCUT2D eigenvalue weighted by Crippen LogP contribution is -2.36. The zero-order chi connectivity index (χ0) is 18.5. The Hall–Kier alpha value is -1.68. The monoisotopic (exact) mass is 502 g/mol. The summed E-state index contributed by atoms with van der Waals surface area (Å²) < 4.78 is 19.3. The van der Waals surface area contributed by atoms with Gasteiger partial charge in [0.15, 0.2) is 5.96 Å². The first-order chi connectivity index (χ1) is 12.6. The van der Waals surface area contributed by atoms with Crippen molar-refractivity contribution in [3.05, 3.63) is 51.4 Å². The van der Waals surface area contributed by atoms with Crippen LogP contribution in [0.4, 0.5) is 4.39 Å². The first kappa shape index (κ1) is 21.6. The Labute approximate surface area is 179 Å². The van der Waals surface area contributed by atoms with Crippen LogP contribution in [-0.2, 0) is 19.5 Å². The molecule has 5 nitrogen and oxygen atoms in total. The van der Waals surface area contributed by atoms with Crippen LogP contribution in [0, 0.1) is 12.7 Å². The SMILES string of the molecule is CCNC(=NCc1oc2ccc(F)cc2c1C)NCc1ncc(CC)s1.I. The van der Waals surface area contributed by atoms with E-state index in [2.05, 4.69) is 27.5 Å². The van der Waals surface area contributed by atoms with Crippen molar-refractivity contribution in [1.29, 1.82) is 0 Å². The molecule has 3 rings (SSSR count). The van der Waals surface area contributed by atoms with Crippen molar-refractivity contribution in [1.82, 2.24) is 15.6 Å². The van der Waals surface area contributed by atoms with E-state index in [-0.39, 0.29) is 29.8 Å². The third-order valence-electron chi connectivity index (χ3n) is 4.08. The number of nitrogens with zero attached hydrogens (tertiary/aromatic N) is 2. The molecule has 8 heteroatoms. The number of hydrogen-bond donors (Lipinski definition) is 2. The number of aliphatic imine (C=N–C) groups is 1. The molecule has 2 aromatic heterocycles. The number of nitrogens with one attached hydrogen (secondary N) is 2. The Bertz CT molecular complexity index is 922. The normalized spacial score (nSPS) is 11.5. The highest BCUT2D eigenvalue weighted by Gasteiger charge is 2.11. The Morgan fingerprint density at radius 2 is 2.11 bits per heavy atom. The van der Waals surface area contributed by atoms with Gasteiger partial charge in [0.05, 0.1) is 6.54 Å². The summed E-state index contributed by atoms with van der Waals surface area (Å²) in [7, 11) is 0. The topological polar surface area (TPSA) is 62.5 Å². The average molecular weight is 502 g/mol. The first-order valence-electron chi connectivity index (χ1n) is 8.74. The molecule has 146 valence electrons. The number of rotatable bonds is 6. The zero-order valence-electron chi connectivity index (χ0n) is 15.6. The maximum absolute atomic E-state index is 13.4. The second-order valence-corrected chi connectivity index (χ2v) is 7.11. The third kappa shape index (κ3) is 5.41. The summed E-state index contributed by atoms with van der Waals surface area (Å²) in [5, 5.41) is 8.34. The van der Waals surface area contributed by atoms with E-state index < -0.39 is 0 Å². The lowest BCUT2D eigenvalue weighted by molar-refractivity contribution is 0.547. The Morgan fingerprint density at radius 1 is 1.30 bits per heavy atom. The molecule has 0 saturated carbocycles. The molecule has 0 aliphatic heterocycles. The van der Waals surface area contributed by atoms with Crippen molar-refractivity contribution in [2.45, 2.75) is 40.3 Å². The average Bonchev–Trinajstić information content (AvgIpc) is 3.22. The summed E-state index contributed by atoms with van der Waals surface area (Å²) in [6.45, 7) is 7.84. The van der Waals surface area contributed by atoms with Gasteiger partial charge >= 0.3 is 0 Å². The van der Waals surface area contributed by atoms with E-state index in [0.717, 1.165) is 34.7 Å². The Kier molecular flexibility index (Phi) is 8.03. The van der Waals surface area contributed by atoms with Crippen LogP contribution in [0.5, 0.6) is 0 Å². The van der Waals surface area contributed by atoms with E-state index in [9.17, 15) is 4.39 Å². The molecule has 3 aromatic rings. The number of aromatic nitrogens is 1. The van der Waals surface area contributed by atoms with E-state index in [1.807, 2.05) is 20.0 Å². The summed E-state index contributed by atoms with van der Waals surface area (Å²) >= 11 is 1.70. The van der Waals surface area contributed by atoms with Crippen molar-refractivity contribution in [3.8, 4) is 0 Å². The van der Waals surface area contributed by atoms with Crippen molar-refractivity contribution in [3.63, 3.8) is 0 Å². The number of benzene rings is 1. The van der Waals surface area contributed by atoms with Gasteiger partial charge in [0.2, 0.25) is 0 Å². The molecule has 0 saturated heterocycles. The molecule has 0 unspecified atom stereocenters. The zero-order valence-corrected chi connectivity index (χ0v) is 18.8. The number of halogens is 2. The minimum Gasteiger partial charge on any atom is -0.459 e. The number of fused-ring (bicyclic) bond motifs is 1. The van der Waals surface area contributed by atoms with Gasteiger partial charge in [0, 0.05) is 28.6 Å². The van der Waals surface area contributed by atoms with E-state index in [0.29, 0.717) is 24.6 Å². The predicted octanol–water partition coefficient (Wildman–Crippen LogP) is 4.77. The maximum atomic E-state index is 13.4. The van der Waals surface area contributed by atoms with Crippen molar-refractivity contribution < 1.29 is 8.81 Å². The molecule has 27 heavy (non-hydrogen) atoms. The molecule has 0 aliphatic carbocycles. The maximum Gasteiger partial charge on any atom is 0.192 e. The molecule has 0 bridgehead atoms. The highest BCUT2D eigenvalue weighted by molar-refractivity contribution is 14.0. The van der Waals surface area contributed by atoms with Crippen LogP contribution in [0.15, 0.2) is 33.8 Å². The fourth-order valence-corrected chi connectivity index (χ4v) is 3.44. The highest BCUT2D eigenvalue weighted by atomic mass is 127. The van der Waals surface area contributed by atoms with Crippen LogP contribution in [-0.4, -0.2) is 17.5 Å². The van der Waals surface area contributed by atoms with E-state index >= 15 is 0 Å². The van der Waals surface area contributed by atoms with Gasteiger partial charge in [-0.05, 0) is 38.5 Å². The fraction of sp³-hybridized carbons (Fsp3) is 0.368. The number of guanidine groups is 1. The predicted molar refractivity (Wildman–Crippen MR) is 119 cm³/mol.